The molecule has 2 aromatic rings. The van der Waals surface area contributed by atoms with Gasteiger partial charge < -0.3 is 4.42 Å². The maximum absolute atomic E-state index is 13.5. The first-order chi connectivity index (χ1) is 8.38. The van der Waals surface area contributed by atoms with Gasteiger partial charge in [-0.15, -0.1) is 0 Å². The number of aryl methyl sites for hydroxylation is 1. The highest BCUT2D eigenvalue weighted by atomic mass is 79.9. The van der Waals surface area contributed by atoms with Crippen molar-refractivity contribution < 1.29 is 8.81 Å². The van der Waals surface area contributed by atoms with Crippen LogP contribution in [0, 0.1) is 11.2 Å². The fraction of sp³-hybridized carbons (Fsp3) is 0.467. The smallest absolute Gasteiger partial charge is 0.169 e. The van der Waals surface area contributed by atoms with E-state index in [9.17, 15) is 4.39 Å². The van der Waals surface area contributed by atoms with Crippen molar-refractivity contribution in [3.05, 3.63) is 35.8 Å². The molecule has 0 spiro atoms. The minimum atomic E-state index is -0.287. The molecule has 0 saturated carbocycles. The largest absolute Gasteiger partial charge is 0.458 e. The van der Waals surface area contributed by atoms with Gasteiger partial charge in [0.2, 0.25) is 0 Å². The molecule has 0 radical (unpaired) electrons. The molecule has 0 aliphatic rings. The van der Waals surface area contributed by atoms with E-state index in [4.69, 9.17) is 4.42 Å². The molecule has 0 saturated heterocycles. The Bertz CT molecular complexity index is 539. The van der Waals surface area contributed by atoms with Gasteiger partial charge in [0.05, 0.1) is 0 Å². The zero-order chi connectivity index (χ0) is 13.3. The molecule has 1 heterocycles. The van der Waals surface area contributed by atoms with Crippen LogP contribution in [0.15, 0.2) is 28.7 Å². The van der Waals surface area contributed by atoms with Crippen molar-refractivity contribution in [1.29, 1.82) is 0 Å². The minimum absolute atomic E-state index is 0.220. The van der Waals surface area contributed by atoms with Gasteiger partial charge in [0, 0.05) is 16.6 Å². The summed E-state index contributed by atoms with van der Waals surface area (Å²) >= 11 is 3.70. The SMILES string of the molecule is CC(C)(C)C(Br)CCc1cc2cccc(F)c2o1. The van der Waals surface area contributed by atoms with Crippen LogP contribution >= 0.6 is 15.9 Å². The third-order valence-corrected chi connectivity index (χ3v) is 4.96. The first kappa shape index (κ1) is 13.6. The van der Waals surface area contributed by atoms with Gasteiger partial charge in [0.1, 0.15) is 5.76 Å². The lowest BCUT2D eigenvalue weighted by Gasteiger charge is -2.25. The molecule has 3 heteroatoms. The number of hydrogen-bond acceptors (Lipinski definition) is 1. The van der Waals surface area contributed by atoms with Crippen molar-refractivity contribution in [2.24, 2.45) is 5.41 Å². The normalized spacial score (nSPS) is 14.1. The first-order valence-corrected chi connectivity index (χ1v) is 7.10. The predicted molar refractivity (Wildman–Crippen MR) is 76.7 cm³/mol. The lowest BCUT2D eigenvalue weighted by molar-refractivity contribution is 0.378. The number of hydrogen-bond donors (Lipinski definition) is 0. The van der Waals surface area contributed by atoms with E-state index in [-0.39, 0.29) is 11.2 Å². The molecular formula is C15H18BrFO. The second-order valence-corrected chi connectivity index (χ2v) is 6.85. The topological polar surface area (TPSA) is 13.1 Å². The molecule has 98 valence electrons. The van der Waals surface area contributed by atoms with Crippen LogP contribution in [0.25, 0.3) is 11.0 Å². The highest BCUT2D eigenvalue weighted by molar-refractivity contribution is 9.09. The van der Waals surface area contributed by atoms with E-state index < -0.39 is 0 Å². The van der Waals surface area contributed by atoms with Crippen molar-refractivity contribution in [3.8, 4) is 0 Å². The summed E-state index contributed by atoms with van der Waals surface area (Å²) in [4.78, 5) is 0.419. The summed E-state index contributed by atoms with van der Waals surface area (Å²) in [7, 11) is 0. The standard InChI is InChI=1S/C15H18BrFO/c1-15(2,3)13(16)8-7-11-9-10-5-4-6-12(17)14(10)18-11/h4-6,9,13H,7-8H2,1-3H3. The van der Waals surface area contributed by atoms with Crippen LogP contribution in [0.3, 0.4) is 0 Å². The van der Waals surface area contributed by atoms with Crippen LogP contribution in [0.5, 0.6) is 0 Å². The average molecular weight is 313 g/mol. The molecule has 1 aromatic carbocycles. The molecular weight excluding hydrogens is 295 g/mol. The van der Waals surface area contributed by atoms with Gasteiger partial charge in [-0.2, -0.15) is 0 Å². The maximum Gasteiger partial charge on any atom is 0.169 e. The van der Waals surface area contributed by atoms with E-state index in [2.05, 4.69) is 36.7 Å². The van der Waals surface area contributed by atoms with Crippen LogP contribution in [0.4, 0.5) is 4.39 Å². The quantitative estimate of drug-likeness (QED) is 0.700. The van der Waals surface area contributed by atoms with E-state index in [0.717, 1.165) is 24.0 Å². The molecule has 0 aliphatic carbocycles. The van der Waals surface area contributed by atoms with Gasteiger partial charge in [0.25, 0.3) is 0 Å². The number of halogens is 2. The number of fused-ring (bicyclic) bond motifs is 1. The Kier molecular flexibility index (Phi) is 3.81. The molecule has 0 fully saturated rings. The van der Waals surface area contributed by atoms with Crippen molar-refractivity contribution in [3.63, 3.8) is 0 Å². The predicted octanol–water partition coefficient (Wildman–Crippen LogP) is 5.31. The van der Waals surface area contributed by atoms with E-state index in [1.54, 1.807) is 6.07 Å². The van der Waals surface area contributed by atoms with Gasteiger partial charge in [-0.25, -0.2) is 4.39 Å². The molecule has 0 bridgehead atoms. The van der Waals surface area contributed by atoms with Crippen LogP contribution in [-0.2, 0) is 6.42 Å². The number of para-hydroxylation sites is 1. The molecule has 2 rings (SSSR count). The van der Waals surface area contributed by atoms with Crippen LogP contribution in [-0.4, -0.2) is 4.83 Å². The van der Waals surface area contributed by atoms with Crippen molar-refractivity contribution in [2.45, 2.75) is 38.4 Å². The maximum atomic E-state index is 13.5. The highest BCUT2D eigenvalue weighted by Crippen LogP contribution is 2.30. The molecule has 0 aliphatic heterocycles. The van der Waals surface area contributed by atoms with E-state index >= 15 is 0 Å². The summed E-state index contributed by atoms with van der Waals surface area (Å²) < 4.78 is 19.1. The van der Waals surface area contributed by atoms with Crippen molar-refractivity contribution >= 4 is 26.9 Å². The van der Waals surface area contributed by atoms with Crippen LogP contribution in [0.1, 0.15) is 33.0 Å². The Morgan fingerprint density at radius 2 is 2.06 bits per heavy atom. The zero-order valence-electron chi connectivity index (χ0n) is 11.0. The Labute approximate surface area is 115 Å². The van der Waals surface area contributed by atoms with Crippen molar-refractivity contribution in [2.75, 3.05) is 0 Å². The second kappa shape index (κ2) is 5.04. The summed E-state index contributed by atoms with van der Waals surface area (Å²) in [6.07, 6.45) is 1.80. The molecule has 1 nitrogen and oxygen atoms in total. The Morgan fingerprint density at radius 3 is 2.67 bits per heavy atom. The van der Waals surface area contributed by atoms with Gasteiger partial charge in [-0.1, -0.05) is 48.8 Å². The summed E-state index contributed by atoms with van der Waals surface area (Å²) in [6, 6.07) is 6.94. The fourth-order valence-corrected chi connectivity index (χ4v) is 2.13. The Hall–Kier alpha value is -0.830. The number of rotatable bonds is 3. The molecule has 1 unspecified atom stereocenters. The Morgan fingerprint density at radius 1 is 1.33 bits per heavy atom. The monoisotopic (exact) mass is 312 g/mol. The number of alkyl halides is 1. The van der Waals surface area contributed by atoms with E-state index in [0.29, 0.717) is 10.4 Å². The second-order valence-electron chi connectivity index (χ2n) is 5.74. The molecule has 1 atom stereocenters. The molecule has 0 N–H and O–H groups in total. The summed E-state index contributed by atoms with van der Waals surface area (Å²) in [6.45, 7) is 6.60. The van der Waals surface area contributed by atoms with Crippen LogP contribution in [0.2, 0.25) is 0 Å². The van der Waals surface area contributed by atoms with E-state index in [1.807, 2.05) is 12.1 Å². The average Bonchev–Trinajstić information content (AvgIpc) is 2.69. The lowest BCUT2D eigenvalue weighted by Crippen LogP contribution is -2.20. The summed E-state index contributed by atoms with van der Waals surface area (Å²) in [5, 5.41) is 0.840. The lowest BCUT2D eigenvalue weighted by atomic mass is 9.89. The van der Waals surface area contributed by atoms with Crippen molar-refractivity contribution in [1.82, 2.24) is 0 Å². The third-order valence-electron chi connectivity index (χ3n) is 3.13. The van der Waals surface area contributed by atoms with Gasteiger partial charge in [0.15, 0.2) is 11.4 Å². The third kappa shape index (κ3) is 2.94. The fourth-order valence-electron chi connectivity index (χ4n) is 1.91. The highest BCUT2D eigenvalue weighted by Gasteiger charge is 2.22. The summed E-state index contributed by atoms with van der Waals surface area (Å²) in [5.74, 6) is 0.564. The summed E-state index contributed by atoms with van der Waals surface area (Å²) in [5.41, 5.74) is 0.589. The molecule has 1 aromatic heterocycles. The zero-order valence-corrected chi connectivity index (χ0v) is 12.6. The minimum Gasteiger partial charge on any atom is -0.458 e. The number of furan rings is 1. The van der Waals surface area contributed by atoms with Crippen LogP contribution < -0.4 is 0 Å². The molecule has 18 heavy (non-hydrogen) atoms. The van der Waals surface area contributed by atoms with Gasteiger partial charge in [-0.05, 0) is 24.0 Å². The molecule has 0 amide bonds. The first-order valence-electron chi connectivity index (χ1n) is 6.19. The van der Waals surface area contributed by atoms with E-state index in [1.165, 1.54) is 6.07 Å². The van der Waals surface area contributed by atoms with Gasteiger partial charge in [-0.3, -0.25) is 0 Å². The Balaban J connectivity index is 2.11. The number of benzene rings is 1. The van der Waals surface area contributed by atoms with Gasteiger partial charge >= 0.3 is 0 Å².